The fraction of sp³-hybridized carbons (Fsp3) is 0.333. The van der Waals surface area contributed by atoms with Crippen molar-refractivity contribution in [3.8, 4) is 0 Å². The number of hydrogen-bond acceptors (Lipinski definition) is 2. The molecule has 0 saturated carbocycles. The minimum absolute atomic E-state index is 0.0679. The van der Waals surface area contributed by atoms with Gasteiger partial charge in [0, 0.05) is 16.1 Å². The molecule has 0 amide bonds. The van der Waals surface area contributed by atoms with Gasteiger partial charge in [-0.05, 0) is 24.1 Å². The highest BCUT2D eigenvalue weighted by Gasteiger charge is 2.09. The summed E-state index contributed by atoms with van der Waals surface area (Å²) in [6.07, 6.45) is 0.495. The molecule has 1 aromatic carbocycles. The van der Waals surface area contributed by atoms with Gasteiger partial charge in [0.15, 0.2) is 0 Å². The Morgan fingerprint density at radius 1 is 1.31 bits per heavy atom. The Balaban J connectivity index is 2.87. The van der Waals surface area contributed by atoms with E-state index >= 15 is 0 Å². The molecule has 0 aliphatic heterocycles. The first-order chi connectivity index (χ1) is 6.15. The lowest BCUT2D eigenvalue weighted by Gasteiger charge is -2.10. The normalized spacial score (nSPS) is 12.9. The van der Waals surface area contributed by atoms with Crippen molar-refractivity contribution in [3.05, 3.63) is 33.8 Å². The molecule has 0 aromatic heterocycles. The lowest BCUT2D eigenvalue weighted by atomic mass is 10.1. The summed E-state index contributed by atoms with van der Waals surface area (Å²) in [5.41, 5.74) is 6.37. The molecule has 0 spiro atoms. The van der Waals surface area contributed by atoms with Crippen LogP contribution in [-0.4, -0.2) is 17.8 Å². The zero-order chi connectivity index (χ0) is 9.84. The summed E-state index contributed by atoms with van der Waals surface area (Å²) < 4.78 is 0. The molecule has 4 heteroatoms. The highest BCUT2D eigenvalue weighted by molar-refractivity contribution is 6.35. The van der Waals surface area contributed by atoms with Crippen molar-refractivity contribution in [2.45, 2.75) is 12.5 Å². The van der Waals surface area contributed by atoms with E-state index in [1.54, 1.807) is 18.2 Å². The van der Waals surface area contributed by atoms with Gasteiger partial charge >= 0.3 is 0 Å². The third kappa shape index (κ3) is 2.85. The SMILES string of the molecule is N[C@H](CO)Cc1c(Cl)cccc1Cl. The molecule has 0 radical (unpaired) electrons. The molecule has 72 valence electrons. The molecule has 0 saturated heterocycles. The molecule has 3 N–H and O–H groups in total. The minimum atomic E-state index is -0.308. The molecular formula is C9H11Cl2NO. The Morgan fingerprint density at radius 2 is 1.85 bits per heavy atom. The van der Waals surface area contributed by atoms with E-state index in [0.29, 0.717) is 16.5 Å². The van der Waals surface area contributed by atoms with Gasteiger partial charge in [-0.2, -0.15) is 0 Å². The van der Waals surface area contributed by atoms with Gasteiger partial charge in [0.05, 0.1) is 6.61 Å². The zero-order valence-electron chi connectivity index (χ0n) is 7.00. The summed E-state index contributed by atoms with van der Waals surface area (Å²) in [5, 5.41) is 9.95. The number of hydrogen-bond donors (Lipinski definition) is 2. The van der Waals surface area contributed by atoms with Crippen LogP contribution in [0.3, 0.4) is 0 Å². The number of nitrogens with two attached hydrogens (primary N) is 1. The molecule has 0 fully saturated rings. The molecule has 0 aliphatic carbocycles. The third-order valence-corrected chi connectivity index (χ3v) is 2.47. The van der Waals surface area contributed by atoms with Gasteiger partial charge in [-0.3, -0.25) is 0 Å². The second-order valence-electron chi connectivity index (χ2n) is 2.85. The molecule has 0 unspecified atom stereocenters. The molecule has 1 rings (SSSR count). The summed E-state index contributed by atoms with van der Waals surface area (Å²) in [6.45, 7) is -0.0679. The van der Waals surface area contributed by atoms with Gasteiger partial charge < -0.3 is 10.8 Å². The molecule has 0 aliphatic rings. The predicted octanol–water partition coefficient (Wildman–Crippen LogP) is 1.86. The maximum Gasteiger partial charge on any atom is 0.0585 e. The first-order valence-corrected chi connectivity index (χ1v) is 4.70. The summed E-state index contributed by atoms with van der Waals surface area (Å²) in [7, 11) is 0. The third-order valence-electron chi connectivity index (χ3n) is 1.76. The molecule has 1 atom stereocenters. The number of benzene rings is 1. The first kappa shape index (κ1) is 10.8. The fourth-order valence-corrected chi connectivity index (χ4v) is 1.61. The van der Waals surface area contributed by atoms with Gasteiger partial charge in [0.1, 0.15) is 0 Å². The smallest absolute Gasteiger partial charge is 0.0585 e. The Labute approximate surface area is 87.3 Å². The van der Waals surface area contributed by atoms with E-state index < -0.39 is 0 Å². The summed E-state index contributed by atoms with van der Waals surface area (Å²) in [5.74, 6) is 0. The van der Waals surface area contributed by atoms with Crippen molar-refractivity contribution in [1.82, 2.24) is 0 Å². The Kier molecular flexibility index (Phi) is 4.00. The van der Waals surface area contributed by atoms with E-state index in [2.05, 4.69) is 0 Å². The second-order valence-corrected chi connectivity index (χ2v) is 3.66. The van der Waals surface area contributed by atoms with E-state index in [4.69, 9.17) is 34.0 Å². The van der Waals surface area contributed by atoms with Gasteiger partial charge in [-0.15, -0.1) is 0 Å². The summed E-state index contributed by atoms with van der Waals surface area (Å²) in [4.78, 5) is 0. The van der Waals surface area contributed by atoms with E-state index in [0.717, 1.165) is 5.56 Å². The lowest BCUT2D eigenvalue weighted by Crippen LogP contribution is -2.27. The van der Waals surface area contributed by atoms with Crippen molar-refractivity contribution in [2.75, 3.05) is 6.61 Å². The van der Waals surface area contributed by atoms with Crippen LogP contribution in [0.25, 0.3) is 0 Å². The average Bonchev–Trinajstić information content (AvgIpc) is 2.11. The fourth-order valence-electron chi connectivity index (χ4n) is 1.05. The number of halogens is 2. The number of rotatable bonds is 3. The van der Waals surface area contributed by atoms with Gasteiger partial charge in [-0.1, -0.05) is 29.3 Å². The van der Waals surface area contributed by atoms with Crippen LogP contribution in [0, 0.1) is 0 Å². The Hall–Kier alpha value is -0.280. The minimum Gasteiger partial charge on any atom is -0.395 e. The number of aliphatic hydroxyl groups is 1. The van der Waals surface area contributed by atoms with Crippen LogP contribution in [0.2, 0.25) is 10.0 Å². The monoisotopic (exact) mass is 219 g/mol. The zero-order valence-corrected chi connectivity index (χ0v) is 8.52. The predicted molar refractivity (Wildman–Crippen MR) is 55.2 cm³/mol. The topological polar surface area (TPSA) is 46.2 Å². The van der Waals surface area contributed by atoms with E-state index in [-0.39, 0.29) is 12.6 Å². The Bertz CT molecular complexity index is 271. The van der Waals surface area contributed by atoms with Crippen LogP contribution in [-0.2, 0) is 6.42 Å². The Morgan fingerprint density at radius 3 is 2.31 bits per heavy atom. The van der Waals surface area contributed by atoms with Crippen LogP contribution in [0.1, 0.15) is 5.56 Å². The molecule has 1 aromatic rings. The van der Waals surface area contributed by atoms with Crippen molar-refractivity contribution >= 4 is 23.2 Å². The molecule has 13 heavy (non-hydrogen) atoms. The number of aliphatic hydroxyl groups excluding tert-OH is 1. The van der Waals surface area contributed by atoms with Crippen LogP contribution in [0.4, 0.5) is 0 Å². The van der Waals surface area contributed by atoms with E-state index in [1.165, 1.54) is 0 Å². The van der Waals surface area contributed by atoms with Crippen molar-refractivity contribution in [2.24, 2.45) is 5.73 Å². The van der Waals surface area contributed by atoms with Crippen molar-refractivity contribution < 1.29 is 5.11 Å². The van der Waals surface area contributed by atoms with Gasteiger partial charge in [0.2, 0.25) is 0 Å². The van der Waals surface area contributed by atoms with Crippen LogP contribution in [0.5, 0.6) is 0 Å². The van der Waals surface area contributed by atoms with Gasteiger partial charge in [-0.25, -0.2) is 0 Å². The van der Waals surface area contributed by atoms with Crippen molar-refractivity contribution in [1.29, 1.82) is 0 Å². The van der Waals surface area contributed by atoms with Gasteiger partial charge in [0.25, 0.3) is 0 Å². The van der Waals surface area contributed by atoms with Crippen LogP contribution in [0.15, 0.2) is 18.2 Å². The highest BCUT2D eigenvalue weighted by atomic mass is 35.5. The standard InChI is InChI=1S/C9H11Cl2NO/c10-8-2-1-3-9(11)7(8)4-6(12)5-13/h1-3,6,13H,4-5,12H2/t6-/m0/s1. The summed E-state index contributed by atoms with van der Waals surface area (Å²) >= 11 is 11.8. The van der Waals surface area contributed by atoms with Crippen molar-refractivity contribution in [3.63, 3.8) is 0 Å². The first-order valence-electron chi connectivity index (χ1n) is 3.94. The maximum atomic E-state index is 8.77. The quantitative estimate of drug-likeness (QED) is 0.816. The molecule has 0 bridgehead atoms. The summed E-state index contributed by atoms with van der Waals surface area (Å²) in [6, 6.07) is 4.98. The lowest BCUT2D eigenvalue weighted by molar-refractivity contribution is 0.265. The average molecular weight is 220 g/mol. The molecular weight excluding hydrogens is 209 g/mol. The highest BCUT2D eigenvalue weighted by Crippen LogP contribution is 2.24. The van der Waals surface area contributed by atoms with E-state index in [9.17, 15) is 0 Å². The maximum absolute atomic E-state index is 8.77. The largest absolute Gasteiger partial charge is 0.395 e. The van der Waals surface area contributed by atoms with Crippen LogP contribution < -0.4 is 5.73 Å². The van der Waals surface area contributed by atoms with E-state index in [1.807, 2.05) is 0 Å². The van der Waals surface area contributed by atoms with Crippen LogP contribution >= 0.6 is 23.2 Å². The molecule has 0 heterocycles. The molecule has 2 nitrogen and oxygen atoms in total. The second kappa shape index (κ2) is 4.82.